The largest absolute Gasteiger partial charge is 0.357 e. The van der Waals surface area contributed by atoms with Crippen LogP contribution in [-0.4, -0.2) is 61.1 Å². The Bertz CT molecular complexity index is 535. The van der Waals surface area contributed by atoms with Gasteiger partial charge < -0.3 is 10.2 Å². The Morgan fingerprint density at radius 2 is 2.21 bits per heavy atom. The number of nitrogens with one attached hydrogen (secondary N) is 1. The Kier molecular flexibility index (Phi) is 8.03. The van der Waals surface area contributed by atoms with Crippen molar-refractivity contribution in [2.24, 2.45) is 4.99 Å². The molecule has 1 fully saturated rings. The molecule has 24 heavy (non-hydrogen) atoms. The second-order valence-corrected chi connectivity index (χ2v) is 7.25. The monoisotopic (exact) mass is 460 g/mol. The Labute approximate surface area is 167 Å². The summed E-state index contributed by atoms with van der Waals surface area (Å²) in [7, 11) is 0. The van der Waals surface area contributed by atoms with E-state index in [1.165, 1.54) is 12.0 Å². The maximum Gasteiger partial charge on any atom is 0.193 e. The molecular formula is C18H29IN4S. The summed E-state index contributed by atoms with van der Waals surface area (Å²) in [5.41, 5.74) is 1.40. The molecule has 2 unspecified atom stereocenters. The number of thiophene rings is 1. The summed E-state index contributed by atoms with van der Waals surface area (Å²) in [5, 5.41) is 7.86. The summed E-state index contributed by atoms with van der Waals surface area (Å²) in [4.78, 5) is 9.92. The van der Waals surface area contributed by atoms with E-state index in [2.05, 4.69) is 57.9 Å². The fourth-order valence-electron chi connectivity index (χ4n) is 3.33. The normalized spacial score (nSPS) is 22.7. The average molecular weight is 460 g/mol. The van der Waals surface area contributed by atoms with Crippen LogP contribution in [-0.2, 0) is 0 Å². The summed E-state index contributed by atoms with van der Waals surface area (Å²) in [6, 6.07) is 2.88. The van der Waals surface area contributed by atoms with Crippen LogP contribution >= 0.6 is 35.3 Å². The Morgan fingerprint density at radius 1 is 1.42 bits per heavy atom. The lowest BCUT2D eigenvalue weighted by Gasteiger charge is -2.25. The molecule has 4 nitrogen and oxygen atoms in total. The summed E-state index contributed by atoms with van der Waals surface area (Å²) in [6.07, 6.45) is 5.81. The minimum Gasteiger partial charge on any atom is -0.357 e. The van der Waals surface area contributed by atoms with Gasteiger partial charge in [0.2, 0.25) is 0 Å². The lowest BCUT2D eigenvalue weighted by molar-refractivity contribution is 0.259. The SMILES string of the molecule is CCNC(=NCC(C)c1ccsc1)N1CCC(N2CC=CC2)C1.I. The molecule has 1 saturated heterocycles. The number of hydrogen-bond acceptors (Lipinski definition) is 3. The molecule has 0 spiro atoms. The van der Waals surface area contributed by atoms with E-state index < -0.39 is 0 Å². The molecule has 0 radical (unpaired) electrons. The predicted octanol–water partition coefficient (Wildman–Crippen LogP) is 3.38. The number of rotatable bonds is 5. The van der Waals surface area contributed by atoms with Crippen molar-refractivity contribution in [1.82, 2.24) is 15.1 Å². The fraction of sp³-hybridized carbons (Fsp3) is 0.611. The van der Waals surface area contributed by atoms with Crippen LogP contribution < -0.4 is 5.32 Å². The van der Waals surface area contributed by atoms with E-state index in [0.717, 1.165) is 45.2 Å². The van der Waals surface area contributed by atoms with Gasteiger partial charge in [0.05, 0.1) is 0 Å². The van der Waals surface area contributed by atoms with Crippen molar-refractivity contribution in [1.29, 1.82) is 0 Å². The number of halogens is 1. The third-order valence-corrected chi connectivity index (χ3v) is 5.49. The molecule has 0 bridgehead atoms. The summed E-state index contributed by atoms with van der Waals surface area (Å²) < 4.78 is 0. The van der Waals surface area contributed by atoms with Gasteiger partial charge in [0.25, 0.3) is 0 Å². The molecule has 6 heteroatoms. The number of likely N-dealkylation sites (tertiary alicyclic amines) is 1. The van der Waals surface area contributed by atoms with Crippen LogP contribution in [0.15, 0.2) is 34.0 Å². The molecule has 2 aliphatic rings. The van der Waals surface area contributed by atoms with Gasteiger partial charge in [0, 0.05) is 51.2 Å². The lowest BCUT2D eigenvalue weighted by atomic mass is 10.1. The first kappa shape index (κ1) is 19.7. The van der Waals surface area contributed by atoms with Gasteiger partial charge in [0.1, 0.15) is 0 Å². The van der Waals surface area contributed by atoms with Crippen molar-refractivity contribution in [3.63, 3.8) is 0 Å². The van der Waals surface area contributed by atoms with E-state index >= 15 is 0 Å². The van der Waals surface area contributed by atoms with Crippen molar-refractivity contribution in [2.75, 3.05) is 39.3 Å². The van der Waals surface area contributed by atoms with Crippen LogP contribution in [0.1, 0.15) is 31.7 Å². The van der Waals surface area contributed by atoms with Gasteiger partial charge in [0.15, 0.2) is 5.96 Å². The minimum atomic E-state index is 0. The van der Waals surface area contributed by atoms with Crippen molar-refractivity contribution in [3.05, 3.63) is 34.5 Å². The van der Waals surface area contributed by atoms with Crippen LogP contribution in [0, 0.1) is 0 Å². The minimum absolute atomic E-state index is 0. The standard InChI is InChI=1S/C18H28N4S.HI/c1-3-19-18(20-12-15(2)16-7-11-23-14-16)22-10-6-17(13-22)21-8-4-5-9-21;/h4-5,7,11,14-15,17H,3,6,8-10,12-13H2,1-2H3,(H,19,20);1H. The van der Waals surface area contributed by atoms with Gasteiger partial charge in [-0.3, -0.25) is 9.89 Å². The topological polar surface area (TPSA) is 30.9 Å². The highest BCUT2D eigenvalue weighted by atomic mass is 127. The molecule has 0 amide bonds. The van der Waals surface area contributed by atoms with Crippen molar-refractivity contribution >= 4 is 41.3 Å². The van der Waals surface area contributed by atoms with Gasteiger partial charge in [-0.25, -0.2) is 0 Å². The molecule has 2 aliphatic heterocycles. The van der Waals surface area contributed by atoms with Crippen molar-refractivity contribution < 1.29 is 0 Å². The smallest absolute Gasteiger partial charge is 0.193 e. The molecule has 1 aromatic heterocycles. The van der Waals surface area contributed by atoms with E-state index in [1.54, 1.807) is 11.3 Å². The molecule has 0 aromatic carbocycles. The summed E-state index contributed by atoms with van der Waals surface area (Å²) in [6.45, 7) is 10.6. The maximum absolute atomic E-state index is 4.91. The first-order valence-corrected chi connectivity index (χ1v) is 9.66. The first-order valence-electron chi connectivity index (χ1n) is 8.72. The van der Waals surface area contributed by atoms with E-state index in [0.29, 0.717) is 12.0 Å². The number of nitrogens with zero attached hydrogens (tertiary/aromatic N) is 3. The summed E-state index contributed by atoms with van der Waals surface area (Å²) in [5.74, 6) is 1.57. The molecular weight excluding hydrogens is 431 g/mol. The molecule has 1 aromatic rings. The highest BCUT2D eigenvalue weighted by molar-refractivity contribution is 14.0. The van der Waals surface area contributed by atoms with Gasteiger partial charge >= 0.3 is 0 Å². The van der Waals surface area contributed by atoms with Crippen LogP contribution in [0.3, 0.4) is 0 Å². The molecule has 0 saturated carbocycles. The molecule has 3 rings (SSSR count). The van der Waals surface area contributed by atoms with E-state index in [9.17, 15) is 0 Å². The van der Waals surface area contributed by atoms with Gasteiger partial charge in [-0.1, -0.05) is 19.1 Å². The third-order valence-electron chi connectivity index (χ3n) is 4.79. The highest BCUT2D eigenvalue weighted by Gasteiger charge is 2.29. The first-order chi connectivity index (χ1) is 11.3. The van der Waals surface area contributed by atoms with Gasteiger partial charge in [-0.05, 0) is 35.7 Å². The number of hydrogen-bond donors (Lipinski definition) is 1. The quantitative estimate of drug-likeness (QED) is 0.317. The predicted molar refractivity (Wildman–Crippen MR) is 115 cm³/mol. The average Bonchev–Trinajstić information content (AvgIpc) is 3.32. The van der Waals surface area contributed by atoms with Crippen molar-refractivity contribution in [2.45, 2.75) is 32.2 Å². The van der Waals surface area contributed by atoms with Gasteiger partial charge in [-0.15, -0.1) is 24.0 Å². The number of aliphatic imine (C=N–C) groups is 1. The summed E-state index contributed by atoms with van der Waals surface area (Å²) >= 11 is 1.77. The number of guanidine groups is 1. The van der Waals surface area contributed by atoms with Crippen LogP contribution in [0.5, 0.6) is 0 Å². The van der Waals surface area contributed by atoms with E-state index in [1.807, 2.05) is 0 Å². The zero-order chi connectivity index (χ0) is 16.1. The second-order valence-electron chi connectivity index (χ2n) is 6.47. The third kappa shape index (κ3) is 4.95. The molecule has 2 atom stereocenters. The Balaban J connectivity index is 0.00000208. The molecule has 0 aliphatic carbocycles. The van der Waals surface area contributed by atoms with E-state index in [-0.39, 0.29) is 24.0 Å². The zero-order valence-electron chi connectivity index (χ0n) is 14.6. The van der Waals surface area contributed by atoms with Crippen LogP contribution in [0.25, 0.3) is 0 Å². The van der Waals surface area contributed by atoms with Gasteiger partial charge in [-0.2, -0.15) is 11.3 Å². The molecule has 134 valence electrons. The highest BCUT2D eigenvalue weighted by Crippen LogP contribution is 2.20. The van der Waals surface area contributed by atoms with Crippen LogP contribution in [0.2, 0.25) is 0 Å². The lowest BCUT2D eigenvalue weighted by Crippen LogP contribution is -2.43. The fourth-order valence-corrected chi connectivity index (χ4v) is 4.12. The van der Waals surface area contributed by atoms with Crippen molar-refractivity contribution in [3.8, 4) is 0 Å². The Morgan fingerprint density at radius 3 is 2.88 bits per heavy atom. The second kappa shape index (κ2) is 9.77. The Hall–Kier alpha value is -0.600. The maximum atomic E-state index is 4.91. The van der Waals surface area contributed by atoms with Crippen LogP contribution in [0.4, 0.5) is 0 Å². The zero-order valence-corrected chi connectivity index (χ0v) is 17.8. The molecule has 3 heterocycles. The van der Waals surface area contributed by atoms with E-state index in [4.69, 9.17) is 4.99 Å². The molecule has 1 N–H and O–H groups in total.